The van der Waals surface area contributed by atoms with E-state index in [4.69, 9.17) is 69.1 Å². The third kappa shape index (κ3) is 7.49. The Morgan fingerprint density at radius 3 is 1.32 bits per heavy atom. The van der Waals surface area contributed by atoms with Gasteiger partial charge in [0, 0.05) is 64.3 Å². The number of aromatic nitrogens is 7. The molecule has 4 aromatic heterocycles. The van der Waals surface area contributed by atoms with Crippen LogP contribution in [-0.2, 0) is 0 Å². The molecule has 13 aromatic rings. The minimum absolute atomic E-state index is 0.0955. The summed E-state index contributed by atoms with van der Waals surface area (Å²) in [5, 5.41) is 4.38. The van der Waals surface area contributed by atoms with Crippen LogP contribution in [0.15, 0.2) is 194 Å². The second-order valence-corrected chi connectivity index (χ2v) is 18.8. The summed E-state index contributed by atoms with van der Waals surface area (Å²) in [5.74, 6) is 2.70. The first-order chi connectivity index (χ1) is 35.8. The van der Waals surface area contributed by atoms with Crippen LogP contribution in [-0.4, -0.2) is 73.7 Å². The van der Waals surface area contributed by atoms with Crippen LogP contribution in [0.3, 0.4) is 0 Å². The van der Waals surface area contributed by atoms with Crippen molar-refractivity contribution in [3.8, 4) is 85.1 Å². The SMILES string of the molecule is [B]c1c([B])c([B])c(-c2nc(-c3ccccc3)nc(-c3cc(-c4ccc(-c5nc(-c6ccccc6)nc(-c6ccccc6)n5)c5sc6ccccc6c45)ccc3-n3c4ccccc4c4ccccc43)n2)c([B])c1[B]. The summed E-state index contributed by atoms with van der Waals surface area (Å²) in [6.45, 7) is 0. The van der Waals surface area contributed by atoms with E-state index in [9.17, 15) is 0 Å². The van der Waals surface area contributed by atoms with Crippen LogP contribution >= 0.6 is 11.3 Å². The maximum absolute atomic E-state index is 6.76. The van der Waals surface area contributed by atoms with E-state index in [-0.39, 0.29) is 38.7 Å². The lowest BCUT2D eigenvalue weighted by Crippen LogP contribution is -2.55. The summed E-state index contributed by atoms with van der Waals surface area (Å²) in [6, 6.07) is 65.8. The van der Waals surface area contributed by atoms with Crippen LogP contribution in [0.25, 0.3) is 127 Å². The first kappa shape index (κ1) is 44.3. The second kappa shape index (κ2) is 17.9. The molecule has 4 heterocycles. The van der Waals surface area contributed by atoms with Crippen molar-refractivity contribution in [2.45, 2.75) is 0 Å². The summed E-state index contributed by atoms with van der Waals surface area (Å²) in [7, 11) is 32.8. The van der Waals surface area contributed by atoms with E-state index in [0.717, 1.165) is 81.0 Å². The van der Waals surface area contributed by atoms with Gasteiger partial charge >= 0.3 is 0 Å². The lowest BCUT2D eigenvalue weighted by Gasteiger charge is -2.21. The van der Waals surface area contributed by atoms with Crippen LogP contribution < -0.4 is 27.3 Å². The molecule has 0 amide bonds. The fourth-order valence-electron chi connectivity index (χ4n) is 9.85. The minimum Gasteiger partial charge on any atom is -0.309 e. The Bertz CT molecular complexity index is 4200. The zero-order valence-electron chi connectivity index (χ0n) is 38.9. The van der Waals surface area contributed by atoms with Gasteiger partial charge in [0.2, 0.25) is 0 Å². The quantitative estimate of drug-likeness (QED) is 0.142. The molecule has 0 fully saturated rings. The van der Waals surface area contributed by atoms with Crippen LogP contribution in [0.5, 0.6) is 0 Å². The number of thiophene rings is 1. The lowest BCUT2D eigenvalue weighted by atomic mass is 9.60. The van der Waals surface area contributed by atoms with Crippen molar-refractivity contribution in [2.75, 3.05) is 0 Å². The van der Waals surface area contributed by atoms with E-state index in [1.54, 1.807) is 11.3 Å². The summed E-state index contributed by atoms with van der Waals surface area (Å²) < 4.78 is 4.43. The van der Waals surface area contributed by atoms with E-state index in [2.05, 4.69) is 108 Å². The zero-order chi connectivity index (χ0) is 49.3. The van der Waals surface area contributed by atoms with E-state index in [0.29, 0.717) is 34.7 Å². The Morgan fingerprint density at radius 1 is 0.329 bits per heavy atom. The van der Waals surface area contributed by atoms with Crippen molar-refractivity contribution in [1.82, 2.24) is 34.5 Å². The second-order valence-electron chi connectivity index (χ2n) is 17.7. The number of para-hydroxylation sites is 2. The molecule has 0 saturated carbocycles. The third-order valence-corrected chi connectivity index (χ3v) is 14.6. The van der Waals surface area contributed by atoms with Crippen molar-refractivity contribution in [2.24, 2.45) is 0 Å². The van der Waals surface area contributed by atoms with Gasteiger partial charge in [-0.05, 0) is 47.5 Å². The van der Waals surface area contributed by atoms with Crippen molar-refractivity contribution < 1.29 is 0 Å². The van der Waals surface area contributed by atoms with E-state index >= 15 is 0 Å². The minimum atomic E-state index is 0.0955. The lowest BCUT2D eigenvalue weighted by molar-refractivity contribution is 1.07. The standard InChI is InChI=1S/C60H32B5N7S/c61-49-48(50(62)52(64)53(65)51(49)63)60-70-57(35-20-8-3-9-21-35)69-59(71-60)42-32-36(28-31-45(42)72-43-25-13-10-22-38(43)39-23-11-14-26-44(39)72)37-29-30-41(54-47(37)40-24-12-15-27-46(40)73-54)58-67-55(33-16-4-1-5-17-33)66-56(68-58)34-18-6-2-7-19-34/h1-32H. The molecule has 13 rings (SSSR count). The van der Waals surface area contributed by atoms with E-state index in [1.165, 1.54) is 0 Å². The van der Waals surface area contributed by atoms with Crippen molar-refractivity contribution in [3.63, 3.8) is 0 Å². The third-order valence-electron chi connectivity index (χ3n) is 13.4. The van der Waals surface area contributed by atoms with Gasteiger partial charge in [-0.25, -0.2) is 29.9 Å². The highest BCUT2D eigenvalue weighted by Gasteiger charge is 2.25. The number of rotatable bonds is 8. The molecular formula is C60H32B5N7S. The van der Waals surface area contributed by atoms with E-state index < -0.39 is 0 Å². The summed E-state index contributed by atoms with van der Waals surface area (Å²) in [5.41, 5.74) is 9.74. The van der Waals surface area contributed by atoms with Crippen molar-refractivity contribution in [3.05, 3.63) is 194 Å². The normalized spacial score (nSPS) is 11.6. The number of fused-ring (bicyclic) bond motifs is 6. The predicted octanol–water partition coefficient (Wildman–Crippen LogP) is 9.16. The van der Waals surface area contributed by atoms with Crippen molar-refractivity contribution in [1.29, 1.82) is 0 Å². The van der Waals surface area contributed by atoms with Gasteiger partial charge < -0.3 is 4.57 Å². The molecule has 0 bridgehead atoms. The molecular weight excluding hydrogens is 905 g/mol. The summed E-state index contributed by atoms with van der Waals surface area (Å²) >= 11 is 1.71. The van der Waals surface area contributed by atoms with Gasteiger partial charge in [0.25, 0.3) is 0 Å². The molecule has 10 radical (unpaired) electrons. The van der Waals surface area contributed by atoms with Gasteiger partial charge in [0.05, 0.1) is 16.7 Å². The highest BCUT2D eigenvalue weighted by Crippen LogP contribution is 2.46. The largest absolute Gasteiger partial charge is 0.309 e. The monoisotopic (exact) mass is 937 g/mol. The molecule has 0 unspecified atom stereocenters. The van der Waals surface area contributed by atoms with Crippen LogP contribution in [0.1, 0.15) is 0 Å². The molecule has 73 heavy (non-hydrogen) atoms. The molecule has 0 saturated heterocycles. The fourth-order valence-corrected chi connectivity index (χ4v) is 11.1. The van der Waals surface area contributed by atoms with Gasteiger partial charge in [0.15, 0.2) is 34.9 Å². The Morgan fingerprint density at radius 2 is 0.753 bits per heavy atom. The maximum atomic E-state index is 6.76. The predicted molar refractivity (Wildman–Crippen MR) is 305 cm³/mol. The number of hydrogen-bond acceptors (Lipinski definition) is 7. The number of hydrogen-bond donors (Lipinski definition) is 0. The molecule has 9 aromatic carbocycles. The average molecular weight is 937 g/mol. The molecule has 0 atom stereocenters. The first-order valence-corrected chi connectivity index (χ1v) is 24.4. The van der Waals surface area contributed by atoms with Gasteiger partial charge in [-0.1, -0.05) is 169 Å². The summed E-state index contributed by atoms with van der Waals surface area (Å²) in [4.78, 5) is 30.9. The highest BCUT2D eigenvalue weighted by molar-refractivity contribution is 7.26. The van der Waals surface area contributed by atoms with Crippen LogP contribution in [0, 0.1) is 0 Å². The summed E-state index contributed by atoms with van der Waals surface area (Å²) in [6.07, 6.45) is 0. The fraction of sp³-hybridized carbons (Fsp3) is 0. The van der Waals surface area contributed by atoms with Gasteiger partial charge in [-0.2, -0.15) is 0 Å². The Labute approximate surface area is 431 Å². The highest BCUT2D eigenvalue weighted by atomic mass is 32.1. The molecule has 0 aliphatic heterocycles. The molecule has 13 heteroatoms. The first-order valence-electron chi connectivity index (χ1n) is 23.6. The Hall–Kier alpha value is -8.66. The Balaban J connectivity index is 1.10. The van der Waals surface area contributed by atoms with Gasteiger partial charge in [-0.15, -0.1) is 27.7 Å². The molecule has 0 aliphatic rings. The zero-order valence-corrected chi connectivity index (χ0v) is 39.7. The molecule has 328 valence electrons. The molecule has 7 nitrogen and oxygen atoms in total. The smallest absolute Gasteiger partial charge is 0.166 e. The number of nitrogens with zero attached hydrogens (tertiary/aromatic N) is 7. The average Bonchev–Trinajstić information content (AvgIpc) is 4.01. The molecule has 0 spiro atoms. The van der Waals surface area contributed by atoms with Gasteiger partial charge in [-0.3, -0.25) is 0 Å². The van der Waals surface area contributed by atoms with Gasteiger partial charge in [0.1, 0.15) is 39.2 Å². The molecule has 0 aliphatic carbocycles. The van der Waals surface area contributed by atoms with Crippen molar-refractivity contribution >= 4 is 120 Å². The van der Waals surface area contributed by atoms with E-state index in [1.807, 2.05) is 91.0 Å². The van der Waals surface area contributed by atoms with Crippen LogP contribution in [0.2, 0.25) is 0 Å². The van der Waals surface area contributed by atoms with Crippen LogP contribution in [0.4, 0.5) is 0 Å². The Kier molecular flexibility index (Phi) is 10.9. The topological polar surface area (TPSA) is 82.3 Å². The number of benzene rings is 9. The molecule has 0 N–H and O–H groups in total. The maximum Gasteiger partial charge on any atom is 0.166 e.